The summed E-state index contributed by atoms with van der Waals surface area (Å²) < 4.78 is 39.6. The fourth-order valence-electron chi connectivity index (χ4n) is 3.20. The highest BCUT2D eigenvalue weighted by Gasteiger charge is 2.34. The van der Waals surface area contributed by atoms with Crippen molar-refractivity contribution in [3.05, 3.63) is 46.0 Å². The van der Waals surface area contributed by atoms with E-state index in [0.717, 1.165) is 50.4 Å². The summed E-state index contributed by atoms with van der Waals surface area (Å²) >= 11 is 5.92. The molecule has 0 saturated carbocycles. The number of carbonyl (C=O) groups excluding carboxylic acids is 1. The van der Waals surface area contributed by atoms with Crippen molar-refractivity contribution in [2.45, 2.75) is 44.8 Å². The van der Waals surface area contributed by atoms with Gasteiger partial charge >= 0.3 is 6.18 Å². The van der Waals surface area contributed by atoms with Gasteiger partial charge in [0, 0.05) is 23.4 Å². The second kappa shape index (κ2) is 11.7. The fraction of sp³-hybridized carbons (Fsp3) is 0.381. The van der Waals surface area contributed by atoms with Crippen LogP contribution in [0, 0.1) is 5.41 Å². The smallest absolute Gasteiger partial charge is 0.387 e. The molecular weight excluding hydrogens is 445 g/mol. The van der Waals surface area contributed by atoms with Crippen LogP contribution in [0.4, 0.5) is 13.2 Å². The summed E-state index contributed by atoms with van der Waals surface area (Å²) in [7, 11) is 0. The van der Waals surface area contributed by atoms with E-state index in [1.807, 2.05) is 0 Å². The van der Waals surface area contributed by atoms with Crippen molar-refractivity contribution in [2.75, 3.05) is 6.54 Å². The van der Waals surface area contributed by atoms with Crippen molar-refractivity contribution < 1.29 is 18.0 Å². The summed E-state index contributed by atoms with van der Waals surface area (Å²) in [6.07, 6.45) is 1.71. The first-order valence-electron chi connectivity index (χ1n) is 9.88. The predicted molar refractivity (Wildman–Crippen MR) is 121 cm³/mol. The molecule has 1 aliphatic rings. The summed E-state index contributed by atoms with van der Waals surface area (Å²) in [6.45, 7) is 2.33. The number of nitrogens with one attached hydrogen (secondary N) is 2. The van der Waals surface area contributed by atoms with Crippen molar-refractivity contribution in [2.24, 2.45) is 20.9 Å². The van der Waals surface area contributed by atoms with Crippen LogP contribution in [0.1, 0.15) is 48.5 Å². The number of nitrogens with zero attached hydrogens (tertiary/aromatic N) is 3. The molecule has 1 fully saturated rings. The van der Waals surface area contributed by atoms with E-state index in [2.05, 4.69) is 20.5 Å². The molecule has 1 unspecified atom stereocenters. The van der Waals surface area contributed by atoms with Crippen LogP contribution in [-0.4, -0.2) is 42.5 Å². The number of aliphatic imine (C=N–C) groups is 1. The van der Waals surface area contributed by atoms with Crippen molar-refractivity contribution in [1.82, 2.24) is 5.32 Å². The van der Waals surface area contributed by atoms with E-state index in [4.69, 9.17) is 22.7 Å². The van der Waals surface area contributed by atoms with Gasteiger partial charge in [0.15, 0.2) is 11.6 Å². The summed E-state index contributed by atoms with van der Waals surface area (Å²) in [5.74, 6) is -0.534. The third kappa shape index (κ3) is 7.38. The highest BCUT2D eigenvalue weighted by Crippen LogP contribution is 2.36. The maximum absolute atomic E-state index is 13.2. The highest BCUT2D eigenvalue weighted by molar-refractivity contribution is 6.35. The van der Waals surface area contributed by atoms with Gasteiger partial charge in [-0.1, -0.05) is 24.1 Å². The first kappa shape index (κ1) is 25.4. The number of nitrogens with two attached hydrogens (primary N) is 1. The molecular formula is C21H24ClF3N6O. The second-order valence-corrected chi connectivity index (χ2v) is 7.54. The number of allylic oxidation sites excluding steroid dienone is 1. The van der Waals surface area contributed by atoms with Crippen molar-refractivity contribution in [3.8, 4) is 0 Å². The number of hydrogen-bond acceptors (Lipinski definition) is 5. The molecule has 1 saturated heterocycles. The molecule has 1 aromatic rings. The van der Waals surface area contributed by atoms with E-state index in [1.54, 1.807) is 0 Å². The summed E-state index contributed by atoms with van der Waals surface area (Å²) in [5.41, 5.74) is 4.67. The normalized spacial score (nSPS) is 18.8. The minimum atomic E-state index is -4.69. The van der Waals surface area contributed by atoms with Gasteiger partial charge in [-0.25, -0.2) is 4.99 Å². The Bertz CT molecular complexity index is 959. The first-order chi connectivity index (χ1) is 15.1. The third-order valence-electron chi connectivity index (χ3n) is 4.62. The van der Waals surface area contributed by atoms with Crippen molar-refractivity contribution in [3.63, 3.8) is 0 Å². The van der Waals surface area contributed by atoms with Crippen LogP contribution in [-0.2, 0) is 6.18 Å². The lowest BCUT2D eigenvalue weighted by Gasteiger charge is -2.24. The molecule has 0 spiro atoms. The Morgan fingerprint density at radius 3 is 2.72 bits per heavy atom. The molecule has 32 heavy (non-hydrogen) atoms. The van der Waals surface area contributed by atoms with Gasteiger partial charge in [0.25, 0.3) is 0 Å². The Hall–Kier alpha value is -2.85. The Morgan fingerprint density at radius 1 is 1.38 bits per heavy atom. The molecule has 2 rings (SSSR count). The molecule has 0 aromatic heterocycles. The number of amidine groups is 2. The average Bonchev–Trinajstić information content (AvgIpc) is 2.72. The number of alkyl halides is 3. The molecule has 0 amide bonds. The van der Waals surface area contributed by atoms with Gasteiger partial charge in [-0.05, 0) is 50.9 Å². The first-order valence-corrected chi connectivity index (χ1v) is 10.3. The molecule has 1 aromatic carbocycles. The molecule has 172 valence electrons. The van der Waals surface area contributed by atoms with Crippen molar-refractivity contribution in [1.29, 1.82) is 5.41 Å². The zero-order chi connectivity index (χ0) is 23.7. The fourth-order valence-corrected chi connectivity index (χ4v) is 3.53. The number of halogens is 4. The van der Waals surface area contributed by atoms with E-state index >= 15 is 0 Å². The molecule has 0 radical (unpaired) electrons. The largest absolute Gasteiger partial charge is 0.417 e. The van der Waals surface area contributed by atoms with E-state index in [9.17, 15) is 18.0 Å². The molecule has 4 N–H and O–H groups in total. The molecule has 1 heterocycles. The summed E-state index contributed by atoms with van der Waals surface area (Å²) in [6, 6.07) is 3.19. The van der Waals surface area contributed by atoms with Crippen LogP contribution in [0.25, 0.3) is 0 Å². The monoisotopic (exact) mass is 468 g/mol. The SMILES string of the molecule is CC(N)=NC(=N/N=C\C=N)/C(=C/C(=O)c1cccc(C(F)(F)F)c1Cl)CC1CCCCN1. The lowest BCUT2D eigenvalue weighted by atomic mass is 9.95. The topological polar surface area (TPSA) is 116 Å². The third-order valence-corrected chi connectivity index (χ3v) is 5.02. The lowest BCUT2D eigenvalue weighted by molar-refractivity contribution is -0.137. The van der Waals surface area contributed by atoms with Gasteiger partial charge in [0.1, 0.15) is 0 Å². The van der Waals surface area contributed by atoms with Gasteiger partial charge in [0.05, 0.1) is 22.6 Å². The lowest BCUT2D eigenvalue weighted by Crippen LogP contribution is -2.35. The predicted octanol–water partition coefficient (Wildman–Crippen LogP) is 4.41. The zero-order valence-corrected chi connectivity index (χ0v) is 18.2. The molecule has 1 atom stereocenters. The summed E-state index contributed by atoms with van der Waals surface area (Å²) in [4.78, 5) is 17.1. The van der Waals surface area contributed by atoms with Crippen molar-refractivity contribution >= 4 is 41.5 Å². The number of rotatable bonds is 7. The molecule has 11 heteroatoms. The van der Waals surface area contributed by atoms with Crippen LogP contribution in [0.2, 0.25) is 5.02 Å². The standard InChI is InChI=1S/C21H24ClF3N6O/c1-13(27)30-20(31-29-10-8-26)14(11-15-5-2-3-9-28-15)12-18(32)16-6-4-7-17(19(16)22)21(23,24)25/h4,6-8,10,12,15,26,28H,2-3,5,9,11H2,1H3,(H2,27,30,31)/b14-12+,26-8?,29-10-. The van der Waals surface area contributed by atoms with Gasteiger partial charge in [-0.15, -0.1) is 5.10 Å². The van der Waals surface area contributed by atoms with Crippen LogP contribution >= 0.6 is 11.6 Å². The number of ketones is 1. The Balaban J connectivity index is 2.53. The van der Waals surface area contributed by atoms with Gasteiger partial charge in [0.2, 0.25) is 0 Å². The minimum absolute atomic E-state index is 0.0185. The quantitative estimate of drug-likeness (QED) is 0.181. The van der Waals surface area contributed by atoms with Gasteiger partial charge in [-0.3, -0.25) is 4.79 Å². The van der Waals surface area contributed by atoms with E-state index < -0.39 is 22.5 Å². The number of hydrogen-bond donors (Lipinski definition) is 3. The maximum atomic E-state index is 13.2. The zero-order valence-electron chi connectivity index (χ0n) is 17.4. The molecule has 0 bridgehead atoms. The number of carbonyl (C=O) groups is 1. The second-order valence-electron chi connectivity index (χ2n) is 7.16. The van der Waals surface area contributed by atoms with Crippen LogP contribution < -0.4 is 11.1 Å². The average molecular weight is 469 g/mol. The number of piperidine rings is 1. The van der Waals surface area contributed by atoms with Crippen LogP contribution in [0.15, 0.2) is 45.0 Å². The van der Waals surface area contributed by atoms with E-state index in [-0.39, 0.29) is 23.3 Å². The highest BCUT2D eigenvalue weighted by atomic mass is 35.5. The maximum Gasteiger partial charge on any atom is 0.417 e. The Kier molecular flexibility index (Phi) is 9.27. The molecule has 7 nitrogen and oxygen atoms in total. The Morgan fingerprint density at radius 2 is 2.12 bits per heavy atom. The van der Waals surface area contributed by atoms with E-state index in [1.165, 1.54) is 19.1 Å². The molecule has 0 aliphatic carbocycles. The minimum Gasteiger partial charge on any atom is -0.387 e. The van der Waals surface area contributed by atoms with Gasteiger partial charge in [-0.2, -0.15) is 18.3 Å². The van der Waals surface area contributed by atoms with Gasteiger partial charge < -0.3 is 16.5 Å². The van der Waals surface area contributed by atoms with Crippen LogP contribution in [0.5, 0.6) is 0 Å². The summed E-state index contributed by atoms with van der Waals surface area (Å²) in [5, 5.41) is 17.4. The Labute approximate surface area is 188 Å². The van der Waals surface area contributed by atoms with E-state index in [0.29, 0.717) is 12.0 Å². The van der Waals surface area contributed by atoms with Crippen LogP contribution in [0.3, 0.4) is 0 Å². The molecule has 1 aliphatic heterocycles. The number of benzene rings is 1.